The van der Waals surface area contributed by atoms with Gasteiger partial charge >= 0.3 is 0 Å². The van der Waals surface area contributed by atoms with Crippen LogP contribution in [0, 0.1) is 5.92 Å². The summed E-state index contributed by atoms with van der Waals surface area (Å²) in [6.45, 7) is 4.48. The molecule has 1 N–H and O–H groups in total. The lowest BCUT2D eigenvalue weighted by Crippen LogP contribution is -2.22. The second kappa shape index (κ2) is 7.60. The average Bonchev–Trinajstić information content (AvgIpc) is 2.37. The summed E-state index contributed by atoms with van der Waals surface area (Å²) in [7, 11) is -3.35. The molecular weight excluding hydrogens is 286 g/mol. The van der Waals surface area contributed by atoms with Crippen LogP contribution in [-0.2, 0) is 10.0 Å². The number of rotatable bonds is 8. The number of halogens is 1. The molecule has 19 heavy (non-hydrogen) atoms. The van der Waals surface area contributed by atoms with E-state index in [2.05, 4.69) is 4.72 Å². The van der Waals surface area contributed by atoms with Crippen molar-refractivity contribution >= 4 is 27.3 Å². The number of alkyl halides is 1. The summed E-state index contributed by atoms with van der Waals surface area (Å²) in [5, 5.41) is 0. The van der Waals surface area contributed by atoms with E-state index in [0.29, 0.717) is 18.2 Å². The molecule has 1 aromatic carbocycles. The first-order valence-corrected chi connectivity index (χ1v) is 8.45. The number of hydrogen-bond donors (Lipinski definition) is 1. The lowest BCUT2D eigenvalue weighted by atomic mass is 10.3. The number of ether oxygens (including phenoxy) is 1. The average molecular weight is 306 g/mol. The molecule has 0 aromatic heterocycles. The number of nitrogens with one attached hydrogen (secondary N) is 1. The van der Waals surface area contributed by atoms with Crippen LogP contribution >= 0.6 is 11.6 Å². The van der Waals surface area contributed by atoms with Gasteiger partial charge in [-0.15, -0.1) is 11.6 Å². The first-order chi connectivity index (χ1) is 8.96. The summed E-state index contributed by atoms with van der Waals surface area (Å²) in [5.74, 6) is 1.00. The van der Waals surface area contributed by atoms with Crippen molar-refractivity contribution in [2.45, 2.75) is 20.3 Å². The Morgan fingerprint density at radius 3 is 2.47 bits per heavy atom. The van der Waals surface area contributed by atoms with Crippen molar-refractivity contribution in [3.63, 3.8) is 0 Å². The lowest BCUT2D eigenvalue weighted by molar-refractivity contribution is 0.317. The minimum atomic E-state index is -3.35. The lowest BCUT2D eigenvalue weighted by Gasteiger charge is -2.11. The Balaban J connectivity index is 2.62. The normalized spacial score (nSPS) is 13.0. The van der Waals surface area contributed by atoms with Gasteiger partial charge in [0.1, 0.15) is 5.75 Å². The minimum Gasteiger partial charge on any atom is -0.494 e. The molecule has 0 spiro atoms. The number of sulfonamides is 1. The summed E-state index contributed by atoms with van der Waals surface area (Å²) in [6, 6.07) is 6.87. The summed E-state index contributed by atoms with van der Waals surface area (Å²) in [5.41, 5.74) is 0.533. The Morgan fingerprint density at radius 2 is 1.95 bits per heavy atom. The van der Waals surface area contributed by atoms with Crippen molar-refractivity contribution in [2.24, 2.45) is 5.92 Å². The second-order valence-corrected chi connectivity index (χ2v) is 6.59. The van der Waals surface area contributed by atoms with Crippen molar-refractivity contribution < 1.29 is 13.2 Å². The summed E-state index contributed by atoms with van der Waals surface area (Å²) < 4.78 is 31.6. The molecule has 1 aromatic rings. The van der Waals surface area contributed by atoms with Crippen LogP contribution in [0.2, 0.25) is 0 Å². The van der Waals surface area contributed by atoms with Crippen molar-refractivity contribution in [3.8, 4) is 5.75 Å². The zero-order valence-corrected chi connectivity index (χ0v) is 12.8. The second-order valence-electron chi connectivity index (χ2n) is 4.52. The first kappa shape index (κ1) is 16.1. The van der Waals surface area contributed by atoms with E-state index in [1.807, 2.05) is 6.92 Å². The van der Waals surface area contributed by atoms with Crippen LogP contribution in [-0.4, -0.2) is 26.7 Å². The van der Waals surface area contributed by atoms with Gasteiger partial charge in [0.15, 0.2) is 0 Å². The Bertz CT molecular complexity index is 473. The van der Waals surface area contributed by atoms with E-state index in [1.54, 1.807) is 31.2 Å². The van der Waals surface area contributed by atoms with E-state index >= 15 is 0 Å². The van der Waals surface area contributed by atoms with E-state index in [1.165, 1.54) is 0 Å². The van der Waals surface area contributed by atoms with Crippen molar-refractivity contribution in [1.82, 2.24) is 0 Å². The zero-order valence-electron chi connectivity index (χ0n) is 11.2. The molecule has 108 valence electrons. The maximum Gasteiger partial charge on any atom is 0.233 e. The molecule has 1 atom stereocenters. The Kier molecular flexibility index (Phi) is 6.45. The third-order valence-corrected chi connectivity index (χ3v) is 4.45. The largest absolute Gasteiger partial charge is 0.494 e. The van der Waals surface area contributed by atoms with E-state index < -0.39 is 10.0 Å². The molecule has 0 amide bonds. The highest BCUT2D eigenvalue weighted by atomic mass is 35.5. The maximum absolute atomic E-state index is 11.8. The van der Waals surface area contributed by atoms with Gasteiger partial charge in [0, 0.05) is 11.6 Å². The highest BCUT2D eigenvalue weighted by Gasteiger charge is 2.15. The molecule has 0 bridgehead atoms. The van der Waals surface area contributed by atoms with Crippen LogP contribution in [0.25, 0.3) is 0 Å². The predicted octanol–water partition coefficient (Wildman–Crippen LogP) is 3.09. The van der Waals surface area contributed by atoms with Gasteiger partial charge in [0.2, 0.25) is 10.0 Å². The molecule has 6 heteroatoms. The topological polar surface area (TPSA) is 55.4 Å². The number of anilines is 1. The Hall–Kier alpha value is -0.940. The van der Waals surface area contributed by atoms with Gasteiger partial charge in [-0.3, -0.25) is 4.72 Å². The molecule has 0 aliphatic heterocycles. The smallest absolute Gasteiger partial charge is 0.233 e. The molecule has 0 radical (unpaired) electrons. The van der Waals surface area contributed by atoms with Crippen molar-refractivity contribution in [3.05, 3.63) is 24.3 Å². The highest BCUT2D eigenvalue weighted by molar-refractivity contribution is 7.92. The number of benzene rings is 1. The molecule has 1 unspecified atom stereocenters. The van der Waals surface area contributed by atoms with Gasteiger partial charge in [0.25, 0.3) is 0 Å². The number of hydrogen-bond acceptors (Lipinski definition) is 3. The van der Waals surface area contributed by atoms with Crippen LogP contribution in [0.3, 0.4) is 0 Å². The van der Waals surface area contributed by atoms with Gasteiger partial charge in [-0.25, -0.2) is 8.42 Å². The SMILES string of the molecule is CCCOc1ccc(NS(=O)(=O)CC(C)CCl)cc1. The fraction of sp³-hybridized carbons (Fsp3) is 0.538. The van der Waals surface area contributed by atoms with Crippen LogP contribution < -0.4 is 9.46 Å². The van der Waals surface area contributed by atoms with E-state index in [9.17, 15) is 8.42 Å². The molecule has 0 fully saturated rings. The molecule has 0 saturated heterocycles. The standard InChI is InChI=1S/C13H20ClNO3S/c1-3-8-18-13-6-4-12(5-7-13)15-19(16,17)10-11(2)9-14/h4-7,11,15H,3,8-10H2,1-2H3. The van der Waals surface area contributed by atoms with Gasteiger partial charge in [-0.1, -0.05) is 13.8 Å². The third-order valence-electron chi connectivity index (χ3n) is 2.37. The fourth-order valence-corrected chi connectivity index (χ4v) is 3.16. The molecule has 0 aliphatic carbocycles. The molecule has 1 rings (SSSR count). The summed E-state index contributed by atoms with van der Waals surface area (Å²) in [6.07, 6.45) is 0.935. The Morgan fingerprint density at radius 1 is 1.32 bits per heavy atom. The third kappa shape index (κ3) is 6.16. The van der Waals surface area contributed by atoms with Gasteiger partial charge in [-0.2, -0.15) is 0 Å². The summed E-state index contributed by atoms with van der Waals surface area (Å²) >= 11 is 5.62. The minimum absolute atomic E-state index is 0.0184. The van der Waals surface area contributed by atoms with E-state index in [0.717, 1.165) is 12.2 Å². The molecular formula is C13H20ClNO3S. The molecule has 0 aliphatic rings. The van der Waals surface area contributed by atoms with E-state index in [4.69, 9.17) is 16.3 Å². The Labute approximate surface area is 120 Å². The van der Waals surface area contributed by atoms with Crippen LogP contribution in [0.15, 0.2) is 24.3 Å². The van der Waals surface area contributed by atoms with Crippen molar-refractivity contribution in [1.29, 1.82) is 0 Å². The molecule has 0 heterocycles. The molecule has 0 saturated carbocycles. The highest BCUT2D eigenvalue weighted by Crippen LogP contribution is 2.17. The van der Waals surface area contributed by atoms with E-state index in [-0.39, 0.29) is 11.7 Å². The quantitative estimate of drug-likeness (QED) is 0.751. The van der Waals surface area contributed by atoms with Crippen LogP contribution in [0.1, 0.15) is 20.3 Å². The first-order valence-electron chi connectivity index (χ1n) is 6.26. The fourth-order valence-electron chi connectivity index (χ4n) is 1.48. The maximum atomic E-state index is 11.8. The predicted molar refractivity (Wildman–Crippen MR) is 79.5 cm³/mol. The van der Waals surface area contributed by atoms with Gasteiger partial charge in [-0.05, 0) is 36.6 Å². The van der Waals surface area contributed by atoms with Gasteiger partial charge < -0.3 is 4.74 Å². The van der Waals surface area contributed by atoms with Gasteiger partial charge in [0.05, 0.1) is 12.4 Å². The van der Waals surface area contributed by atoms with Crippen LogP contribution in [0.4, 0.5) is 5.69 Å². The van der Waals surface area contributed by atoms with Crippen molar-refractivity contribution in [2.75, 3.05) is 23.0 Å². The molecule has 4 nitrogen and oxygen atoms in total. The summed E-state index contributed by atoms with van der Waals surface area (Å²) in [4.78, 5) is 0. The van der Waals surface area contributed by atoms with Crippen LogP contribution in [0.5, 0.6) is 5.75 Å². The monoisotopic (exact) mass is 305 g/mol. The zero-order chi connectivity index (χ0) is 14.3.